The van der Waals surface area contributed by atoms with Crippen molar-refractivity contribution in [3.05, 3.63) is 35.4 Å². The van der Waals surface area contributed by atoms with Crippen LogP contribution in [0.15, 0.2) is 24.3 Å². The average Bonchev–Trinajstić information content (AvgIpc) is 2.57. The summed E-state index contributed by atoms with van der Waals surface area (Å²) in [5.41, 5.74) is 2.38. The number of likely N-dealkylation sites (N-methyl/N-ethyl adjacent to an activating group) is 1. The summed E-state index contributed by atoms with van der Waals surface area (Å²) in [6.07, 6.45) is 2.26. The first kappa shape index (κ1) is 16.2. The maximum Gasteiger partial charge on any atom is 0.236 e. The monoisotopic (exact) mass is 324 g/mol. The first-order valence-corrected chi connectivity index (χ1v) is 8.00. The predicted octanol–water partition coefficient (Wildman–Crippen LogP) is 2.50. The Bertz CT molecular complexity index is 785. The minimum absolute atomic E-state index is 0.0188. The van der Waals surface area contributed by atoms with Crippen molar-refractivity contribution in [2.45, 2.75) is 25.9 Å². The van der Waals surface area contributed by atoms with Gasteiger partial charge < -0.3 is 14.7 Å². The zero-order valence-corrected chi connectivity index (χ0v) is 13.9. The molecule has 2 heterocycles. The molecule has 1 saturated heterocycles. The second-order valence-corrected chi connectivity index (χ2v) is 6.21. The summed E-state index contributed by atoms with van der Waals surface area (Å²) < 4.78 is 5.99. The number of ether oxygens (including phenoxy) is 1. The zero-order chi connectivity index (χ0) is 17.1. The average molecular weight is 324 g/mol. The fraction of sp³-hybridized carbons (Fsp3) is 0.389. The van der Waals surface area contributed by atoms with E-state index >= 15 is 0 Å². The molecule has 0 bridgehead atoms. The number of piperidine rings is 1. The van der Waals surface area contributed by atoms with Gasteiger partial charge in [0, 0.05) is 17.7 Å². The number of aromatic nitrogens is 2. The van der Waals surface area contributed by atoms with Gasteiger partial charge in [0.2, 0.25) is 5.88 Å². The van der Waals surface area contributed by atoms with Gasteiger partial charge in [0.25, 0.3) is 0 Å². The standard InChI is InChI=1S/C18H20N4O2/c1-12-8-16(15-6-5-13(10-19)9-17(15)23)20-21-18(12)24-14-4-3-7-22(2)11-14/h5-6,8-9,14,23H,3-4,7,11H2,1-2H3/t14-/m1/s1. The van der Waals surface area contributed by atoms with E-state index in [2.05, 4.69) is 22.1 Å². The fourth-order valence-corrected chi connectivity index (χ4v) is 2.91. The van der Waals surface area contributed by atoms with Gasteiger partial charge in [0.1, 0.15) is 11.9 Å². The molecule has 0 radical (unpaired) electrons. The molecule has 1 fully saturated rings. The Labute approximate surface area is 141 Å². The van der Waals surface area contributed by atoms with Gasteiger partial charge in [-0.3, -0.25) is 0 Å². The lowest BCUT2D eigenvalue weighted by Gasteiger charge is -2.29. The molecule has 24 heavy (non-hydrogen) atoms. The quantitative estimate of drug-likeness (QED) is 0.934. The lowest BCUT2D eigenvalue weighted by atomic mass is 10.1. The Hall–Kier alpha value is -2.65. The fourth-order valence-electron chi connectivity index (χ4n) is 2.91. The highest BCUT2D eigenvalue weighted by molar-refractivity contribution is 5.68. The van der Waals surface area contributed by atoms with Crippen molar-refractivity contribution >= 4 is 0 Å². The molecule has 1 aromatic heterocycles. The molecule has 6 nitrogen and oxygen atoms in total. The van der Waals surface area contributed by atoms with Crippen LogP contribution in [0.5, 0.6) is 11.6 Å². The van der Waals surface area contributed by atoms with Gasteiger partial charge in [-0.25, -0.2) is 0 Å². The molecule has 2 aromatic rings. The number of phenols is 1. The molecule has 0 amide bonds. The van der Waals surface area contributed by atoms with Crippen molar-refractivity contribution in [1.29, 1.82) is 5.26 Å². The third-order valence-corrected chi connectivity index (χ3v) is 4.20. The van der Waals surface area contributed by atoms with E-state index in [1.807, 2.05) is 19.1 Å². The van der Waals surface area contributed by atoms with Gasteiger partial charge in [-0.2, -0.15) is 5.26 Å². The number of likely N-dealkylation sites (tertiary alicyclic amines) is 1. The van der Waals surface area contributed by atoms with Crippen LogP contribution < -0.4 is 4.74 Å². The summed E-state index contributed by atoms with van der Waals surface area (Å²) >= 11 is 0. The molecule has 1 N–H and O–H groups in total. The second-order valence-electron chi connectivity index (χ2n) is 6.21. The summed E-state index contributed by atoms with van der Waals surface area (Å²) in [5.74, 6) is 0.553. The maximum absolute atomic E-state index is 10.1. The Morgan fingerprint density at radius 2 is 2.17 bits per heavy atom. The first-order chi connectivity index (χ1) is 11.6. The number of aromatic hydroxyl groups is 1. The summed E-state index contributed by atoms with van der Waals surface area (Å²) in [4.78, 5) is 2.25. The van der Waals surface area contributed by atoms with E-state index in [-0.39, 0.29) is 11.9 Å². The molecule has 1 aliphatic rings. The molecule has 1 aromatic carbocycles. The normalized spacial score (nSPS) is 18.1. The summed E-state index contributed by atoms with van der Waals surface area (Å²) in [6, 6.07) is 8.59. The molecular formula is C18H20N4O2. The third-order valence-electron chi connectivity index (χ3n) is 4.20. The number of hydrogen-bond acceptors (Lipinski definition) is 6. The zero-order valence-electron chi connectivity index (χ0n) is 13.9. The SMILES string of the molecule is Cc1cc(-c2ccc(C#N)cc2O)nnc1O[C@@H]1CCCN(C)C1. The molecule has 0 aliphatic carbocycles. The first-order valence-electron chi connectivity index (χ1n) is 8.00. The van der Waals surface area contributed by atoms with E-state index in [9.17, 15) is 5.11 Å². The van der Waals surface area contributed by atoms with Crippen LogP contribution in [0.1, 0.15) is 24.0 Å². The van der Waals surface area contributed by atoms with Gasteiger partial charge in [-0.05, 0) is 57.6 Å². The molecule has 1 atom stereocenters. The number of nitrogens with zero attached hydrogens (tertiary/aromatic N) is 4. The number of aryl methyl sites for hydroxylation is 1. The maximum atomic E-state index is 10.1. The van der Waals surface area contributed by atoms with E-state index < -0.39 is 0 Å². The minimum Gasteiger partial charge on any atom is -0.507 e. The van der Waals surface area contributed by atoms with E-state index in [1.54, 1.807) is 12.1 Å². The minimum atomic E-state index is 0.0188. The summed E-state index contributed by atoms with van der Waals surface area (Å²) in [7, 11) is 2.09. The van der Waals surface area contributed by atoms with Crippen LogP contribution in [0.2, 0.25) is 0 Å². The Morgan fingerprint density at radius 1 is 1.33 bits per heavy atom. The van der Waals surface area contributed by atoms with Crippen LogP contribution >= 0.6 is 0 Å². The van der Waals surface area contributed by atoms with Crippen molar-refractivity contribution in [3.8, 4) is 29.0 Å². The Balaban J connectivity index is 1.81. The predicted molar refractivity (Wildman–Crippen MR) is 89.7 cm³/mol. The van der Waals surface area contributed by atoms with Gasteiger partial charge in [0.15, 0.2) is 0 Å². The molecule has 124 valence electrons. The highest BCUT2D eigenvalue weighted by atomic mass is 16.5. The molecule has 3 rings (SSSR count). The number of rotatable bonds is 3. The second kappa shape index (κ2) is 6.85. The van der Waals surface area contributed by atoms with E-state index in [0.717, 1.165) is 31.5 Å². The van der Waals surface area contributed by atoms with Crippen molar-refractivity contribution in [1.82, 2.24) is 15.1 Å². The molecule has 0 saturated carbocycles. The van der Waals surface area contributed by atoms with E-state index in [1.165, 1.54) is 6.07 Å². The van der Waals surface area contributed by atoms with Crippen molar-refractivity contribution in [2.24, 2.45) is 0 Å². The largest absolute Gasteiger partial charge is 0.507 e. The summed E-state index contributed by atoms with van der Waals surface area (Å²) in [5, 5.41) is 27.3. The van der Waals surface area contributed by atoms with Gasteiger partial charge in [-0.15, -0.1) is 10.2 Å². The van der Waals surface area contributed by atoms with Gasteiger partial charge in [0.05, 0.1) is 17.3 Å². The molecular weight excluding hydrogens is 304 g/mol. The lowest BCUT2D eigenvalue weighted by Crippen LogP contribution is -2.38. The topological polar surface area (TPSA) is 82.3 Å². The molecule has 0 spiro atoms. The molecule has 0 unspecified atom stereocenters. The van der Waals surface area contributed by atoms with E-state index in [4.69, 9.17) is 10.00 Å². The van der Waals surface area contributed by atoms with Gasteiger partial charge in [-0.1, -0.05) is 0 Å². The molecule has 1 aliphatic heterocycles. The van der Waals surface area contributed by atoms with Crippen LogP contribution in [0.4, 0.5) is 0 Å². The van der Waals surface area contributed by atoms with Crippen LogP contribution in [0.25, 0.3) is 11.3 Å². The molecule has 6 heteroatoms. The van der Waals surface area contributed by atoms with Crippen molar-refractivity contribution in [3.63, 3.8) is 0 Å². The third kappa shape index (κ3) is 3.47. The van der Waals surface area contributed by atoms with Crippen molar-refractivity contribution in [2.75, 3.05) is 20.1 Å². The van der Waals surface area contributed by atoms with Crippen LogP contribution in [-0.2, 0) is 0 Å². The number of phenolic OH excluding ortho intramolecular Hbond substituents is 1. The number of hydrogen-bond donors (Lipinski definition) is 1. The smallest absolute Gasteiger partial charge is 0.236 e. The van der Waals surface area contributed by atoms with Gasteiger partial charge >= 0.3 is 0 Å². The Kier molecular flexibility index (Phi) is 4.63. The van der Waals surface area contributed by atoms with Crippen LogP contribution in [0, 0.1) is 18.3 Å². The van der Waals surface area contributed by atoms with Crippen molar-refractivity contribution < 1.29 is 9.84 Å². The van der Waals surface area contributed by atoms with E-state index in [0.29, 0.717) is 22.7 Å². The Morgan fingerprint density at radius 3 is 2.83 bits per heavy atom. The number of benzene rings is 1. The summed E-state index contributed by atoms with van der Waals surface area (Å²) in [6.45, 7) is 3.90. The number of nitriles is 1. The van der Waals surface area contributed by atoms with Crippen LogP contribution in [-0.4, -0.2) is 46.4 Å². The highest BCUT2D eigenvalue weighted by Gasteiger charge is 2.20. The lowest BCUT2D eigenvalue weighted by molar-refractivity contribution is 0.0984. The highest BCUT2D eigenvalue weighted by Crippen LogP contribution is 2.30. The van der Waals surface area contributed by atoms with Crippen LogP contribution in [0.3, 0.4) is 0 Å².